The number of fused-ring (bicyclic) bond motifs is 1. The number of halogens is 2. The zero-order valence-electron chi connectivity index (χ0n) is 20.3. The maximum atomic E-state index is 13.4. The van der Waals surface area contributed by atoms with Gasteiger partial charge in [0, 0.05) is 16.0 Å². The summed E-state index contributed by atoms with van der Waals surface area (Å²) in [5, 5.41) is 25.3. The van der Waals surface area contributed by atoms with Crippen LogP contribution in [0.25, 0.3) is 10.8 Å². The number of ether oxygens (including phenoxy) is 1. The van der Waals surface area contributed by atoms with E-state index in [1.807, 2.05) is 0 Å². The molecule has 190 valence electrons. The SMILES string of the molecule is COc1ccc(Cl)cc1NC(=O)c1cc2ccccc2c(N=Nc2cc(C)c(S(=O)(=O)O)c(Cl)c2)c1[O-].[Na+]. The molecule has 13 heteroatoms. The number of benzene rings is 4. The average molecular weight is 582 g/mol. The van der Waals surface area contributed by atoms with Crippen LogP contribution in [0.4, 0.5) is 17.1 Å². The topological polar surface area (TPSA) is 140 Å². The van der Waals surface area contributed by atoms with Gasteiger partial charge in [-0.1, -0.05) is 53.2 Å². The summed E-state index contributed by atoms with van der Waals surface area (Å²) in [4.78, 5) is 12.7. The predicted octanol–water partition coefficient (Wildman–Crippen LogP) is 3.46. The van der Waals surface area contributed by atoms with E-state index in [9.17, 15) is 22.9 Å². The number of amides is 1. The van der Waals surface area contributed by atoms with E-state index in [1.54, 1.807) is 36.4 Å². The van der Waals surface area contributed by atoms with Crippen molar-refractivity contribution in [1.29, 1.82) is 0 Å². The van der Waals surface area contributed by atoms with Gasteiger partial charge in [0.15, 0.2) is 0 Å². The van der Waals surface area contributed by atoms with Crippen LogP contribution in [0.1, 0.15) is 15.9 Å². The predicted molar refractivity (Wildman–Crippen MR) is 140 cm³/mol. The van der Waals surface area contributed by atoms with Gasteiger partial charge in [-0.2, -0.15) is 18.6 Å². The Morgan fingerprint density at radius 1 is 1.05 bits per heavy atom. The Balaban J connectivity index is 0.00000400. The molecule has 0 saturated heterocycles. The van der Waals surface area contributed by atoms with Gasteiger partial charge in [0.25, 0.3) is 16.0 Å². The second-order valence-electron chi connectivity index (χ2n) is 7.87. The van der Waals surface area contributed by atoms with Gasteiger partial charge in [0.1, 0.15) is 10.6 Å². The number of aryl methyl sites for hydroxylation is 1. The van der Waals surface area contributed by atoms with E-state index in [-0.39, 0.29) is 62.8 Å². The number of anilines is 1. The molecule has 9 nitrogen and oxygen atoms in total. The molecule has 0 aliphatic heterocycles. The third kappa shape index (κ3) is 6.29. The van der Waals surface area contributed by atoms with Crippen LogP contribution in [0.15, 0.2) is 75.8 Å². The van der Waals surface area contributed by atoms with Crippen LogP contribution in [-0.4, -0.2) is 26.0 Å². The van der Waals surface area contributed by atoms with Crippen LogP contribution in [-0.2, 0) is 10.1 Å². The number of azo groups is 1. The summed E-state index contributed by atoms with van der Waals surface area (Å²) in [7, 11) is -3.11. The second kappa shape index (κ2) is 12.0. The molecule has 4 rings (SSSR count). The van der Waals surface area contributed by atoms with Crippen molar-refractivity contribution in [1.82, 2.24) is 0 Å². The molecular weight excluding hydrogens is 564 g/mol. The Hall–Kier alpha value is -2.70. The van der Waals surface area contributed by atoms with Crippen molar-refractivity contribution in [2.45, 2.75) is 11.8 Å². The maximum Gasteiger partial charge on any atom is 1.00 e. The average Bonchev–Trinajstić information content (AvgIpc) is 2.82. The van der Waals surface area contributed by atoms with Gasteiger partial charge in [-0.05, 0) is 54.3 Å². The van der Waals surface area contributed by atoms with Gasteiger partial charge in [0.05, 0.1) is 29.2 Å². The molecule has 0 aromatic heterocycles. The zero-order chi connectivity index (χ0) is 26.9. The van der Waals surface area contributed by atoms with E-state index in [0.29, 0.717) is 21.5 Å². The summed E-state index contributed by atoms with van der Waals surface area (Å²) >= 11 is 12.1. The monoisotopic (exact) mass is 581 g/mol. The Morgan fingerprint density at radius 3 is 2.42 bits per heavy atom. The summed E-state index contributed by atoms with van der Waals surface area (Å²) in [5.41, 5.74) is 0.260. The molecule has 0 bridgehead atoms. The molecule has 0 unspecified atom stereocenters. The first-order chi connectivity index (χ1) is 17.5. The first-order valence-corrected chi connectivity index (χ1v) is 12.8. The summed E-state index contributed by atoms with van der Waals surface area (Å²) < 4.78 is 37.8. The first kappa shape index (κ1) is 29.9. The fraction of sp³-hybridized carbons (Fsp3) is 0.0800. The van der Waals surface area contributed by atoms with Crippen molar-refractivity contribution in [3.63, 3.8) is 0 Å². The first-order valence-electron chi connectivity index (χ1n) is 10.6. The molecule has 4 aromatic carbocycles. The number of carbonyl (C=O) groups is 1. The fourth-order valence-corrected chi connectivity index (χ4v) is 5.25. The van der Waals surface area contributed by atoms with E-state index in [2.05, 4.69) is 15.5 Å². The Labute approximate surface area is 250 Å². The maximum absolute atomic E-state index is 13.4. The minimum absolute atomic E-state index is 0. The molecule has 38 heavy (non-hydrogen) atoms. The molecular formula is C25H18Cl2N3NaO6S. The molecule has 0 aliphatic carbocycles. The molecule has 4 aromatic rings. The summed E-state index contributed by atoms with van der Waals surface area (Å²) in [6.45, 7) is 1.43. The van der Waals surface area contributed by atoms with Crippen molar-refractivity contribution >= 4 is 67.1 Å². The third-order valence-electron chi connectivity index (χ3n) is 5.37. The van der Waals surface area contributed by atoms with Crippen LogP contribution in [0.3, 0.4) is 0 Å². The molecule has 0 aliphatic rings. The molecule has 2 N–H and O–H groups in total. The van der Waals surface area contributed by atoms with Crippen LogP contribution in [0.2, 0.25) is 10.0 Å². The molecule has 0 heterocycles. The van der Waals surface area contributed by atoms with Crippen molar-refractivity contribution < 1.29 is 57.2 Å². The summed E-state index contributed by atoms with van der Waals surface area (Å²) in [5.74, 6) is -1.03. The van der Waals surface area contributed by atoms with Crippen molar-refractivity contribution in [3.05, 3.63) is 81.8 Å². The number of hydrogen-bond donors (Lipinski definition) is 2. The van der Waals surface area contributed by atoms with E-state index >= 15 is 0 Å². The van der Waals surface area contributed by atoms with Gasteiger partial charge in [-0.15, -0.1) is 0 Å². The van der Waals surface area contributed by atoms with Crippen LogP contribution < -0.4 is 44.7 Å². The Morgan fingerprint density at radius 2 is 1.76 bits per heavy atom. The Kier molecular flexibility index (Phi) is 9.43. The smallest absolute Gasteiger partial charge is 0.870 e. The number of methoxy groups -OCH3 is 1. The zero-order valence-corrected chi connectivity index (χ0v) is 24.6. The van der Waals surface area contributed by atoms with Crippen molar-refractivity contribution in [2.24, 2.45) is 10.2 Å². The van der Waals surface area contributed by atoms with E-state index in [4.69, 9.17) is 27.9 Å². The Bertz CT molecular complexity index is 1670. The minimum Gasteiger partial charge on any atom is -0.870 e. The summed E-state index contributed by atoms with van der Waals surface area (Å²) in [6.07, 6.45) is 0. The van der Waals surface area contributed by atoms with Gasteiger partial charge in [-0.25, -0.2) is 0 Å². The number of carbonyl (C=O) groups excluding carboxylic acids is 1. The van der Waals surface area contributed by atoms with Crippen LogP contribution in [0.5, 0.6) is 11.5 Å². The van der Waals surface area contributed by atoms with Crippen LogP contribution >= 0.6 is 23.2 Å². The molecule has 0 spiro atoms. The van der Waals surface area contributed by atoms with Crippen molar-refractivity contribution in [3.8, 4) is 11.5 Å². The largest absolute Gasteiger partial charge is 1.00 e. The van der Waals surface area contributed by atoms with E-state index < -0.39 is 26.7 Å². The normalized spacial score (nSPS) is 11.4. The standard InChI is InChI=1S/C25H19Cl2N3O6S.Na/c1-13-9-16(12-19(27)24(13)37(33,34)35)29-30-22-17-6-4-3-5-14(17)10-18(23(22)31)25(32)28-20-11-15(26)7-8-21(20)36-2;/h3-12,31H,1-2H3,(H,28,32)(H,33,34,35);/q;+1/p-1. The van der Waals surface area contributed by atoms with E-state index in [0.717, 1.165) is 0 Å². The van der Waals surface area contributed by atoms with Crippen molar-refractivity contribution in [2.75, 3.05) is 12.4 Å². The minimum atomic E-state index is -4.55. The number of hydrogen-bond acceptors (Lipinski definition) is 7. The quantitative estimate of drug-likeness (QED) is 0.203. The van der Waals surface area contributed by atoms with Gasteiger partial charge < -0.3 is 15.2 Å². The second-order valence-corrected chi connectivity index (χ2v) is 10.1. The number of nitrogens with one attached hydrogen (secondary N) is 1. The number of rotatable bonds is 6. The molecule has 0 fully saturated rings. The van der Waals surface area contributed by atoms with Gasteiger partial charge in [0.2, 0.25) is 0 Å². The van der Waals surface area contributed by atoms with Crippen LogP contribution in [0, 0.1) is 6.92 Å². The third-order valence-corrected chi connectivity index (χ3v) is 7.07. The summed E-state index contributed by atoms with van der Waals surface area (Å²) in [6, 6.07) is 15.5. The van der Waals surface area contributed by atoms with Gasteiger partial charge in [-0.3, -0.25) is 9.35 Å². The molecule has 0 atom stereocenters. The molecule has 1 amide bonds. The fourth-order valence-electron chi connectivity index (χ4n) is 3.75. The van der Waals surface area contributed by atoms with Gasteiger partial charge >= 0.3 is 29.6 Å². The van der Waals surface area contributed by atoms with E-state index in [1.165, 1.54) is 38.3 Å². The molecule has 0 radical (unpaired) electrons. The number of nitrogens with zero attached hydrogens (tertiary/aromatic N) is 2. The molecule has 0 saturated carbocycles.